The summed E-state index contributed by atoms with van der Waals surface area (Å²) in [5.74, 6) is -1.99. The van der Waals surface area contributed by atoms with Gasteiger partial charge in [0.1, 0.15) is 6.54 Å². The van der Waals surface area contributed by atoms with E-state index in [0.29, 0.717) is 12.0 Å². The van der Waals surface area contributed by atoms with Crippen molar-refractivity contribution in [1.82, 2.24) is 16.0 Å². The first kappa shape index (κ1) is 22.6. The topological polar surface area (TPSA) is 114 Å². The number of rotatable bonds is 8. The van der Waals surface area contributed by atoms with Gasteiger partial charge < -0.3 is 15.4 Å². The molecule has 158 valence electrons. The Morgan fingerprint density at radius 2 is 1.57 bits per heavy atom. The van der Waals surface area contributed by atoms with E-state index in [1.54, 1.807) is 19.1 Å². The Kier molecular flexibility index (Phi) is 8.56. The highest BCUT2D eigenvalue weighted by atomic mass is 16.5. The lowest BCUT2D eigenvalue weighted by Crippen LogP contribution is -2.45. The molecule has 4 amide bonds. The maximum Gasteiger partial charge on any atom is 0.325 e. The summed E-state index contributed by atoms with van der Waals surface area (Å²) in [5, 5.41) is 7.04. The Balaban J connectivity index is 1.73. The molecule has 0 aliphatic rings. The highest BCUT2D eigenvalue weighted by Gasteiger charge is 2.13. The van der Waals surface area contributed by atoms with Crippen molar-refractivity contribution >= 4 is 23.8 Å². The zero-order valence-corrected chi connectivity index (χ0v) is 16.9. The summed E-state index contributed by atoms with van der Waals surface area (Å²) in [6, 6.07) is 15.9. The molecule has 8 heteroatoms. The van der Waals surface area contributed by atoms with Crippen LogP contribution in [0.5, 0.6) is 0 Å². The van der Waals surface area contributed by atoms with Crippen LogP contribution in [0.1, 0.15) is 30.6 Å². The van der Waals surface area contributed by atoms with Crippen molar-refractivity contribution in [3.63, 3.8) is 0 Å². The number of amides is 4. The standard InChI is InChI=1S/C22H25N3O5/c1-3-15(2)24-22(29)25-19(26)14-30-20(27)13-23-21(28)18-11-9-17(10-12-18)16-7-5-4-6-8-16/h4-12,15H,3,13-14H2,1-2H3,(H,23,28)(H2,24,25,26,29)/t15-/m0/s1. The fourth-order valence-corrected chi connectivity index (χ4v) is 2.42. The van der Waals surface area contributed by atoms with Gasteiger partial charge >= 0.3 is 12.0 Å². The highest BCUT2D eigenvalue weighted by molar-refractivity contribution is 5.97. The predicted octanol–water partition coefficient (Wildman–Crippen LogP) is 2.25. The molecule has 0 fully saturated rings. The normalized spacial score (nSPS) is 11.1. The Morgan fingerprint density at radius 3 is 2.20 bits per heavy atom. The second-order valence-corrected chi connectivity index (χ2v) is 6.62. The average Bonchev–Trinajstić information content (AvgIpc) is 2.76. The van der Waals surface area contributed by atoms with Gasteiger partial charge in [0.25, 0.3) is 11.8 Å². The molecule has 0 saturated heterocycles. The molecule has 0 radical (unpaired) electrons. The van der Waals surface area contributed by atoms with Gasteiger partial charge in [0.05, 0.1) is 0 Å². The lowest BCUT2D eigenvalue weighted by molar-refractivity contribution is -0.147. The van der Waals surface area contributed by atoms with Crippen LogP contribution >= 0.6 is 0 Å². The Labute approximate surface area is 175 Å². The van der Waals surface area contributed by atoms with Crippen LogP contribution in [0.4, 0.5) is 4.79 Å². The number of hydrogen-bond donors (Lipinski definition) is 3. The van der Waals surface area contributed by atoms with Gasteiger partial charge in [0.2, 0.25) is 0 Å². The molecule has 0 heterocycles. The Hall–Kier alpha value is -3.68. The van der Waals surface area contributed by atoms with Crippen molar-refractivity contribution in [2.45, 2.75) is 26.3 Å². The van der Waals surface area contributed by atoms with Crippen LogP contribution in [0.25, 0.3) is 11.1 Å². The molecule has 0 unspecified atom stereocenters. The summed E-state index contributed by atoms with van der Waals surface area (Å²) < 4.78 is 4.75. The molecular weight excluding hydrogens is 386 g/mol. The first-order valence-corrected chi connectivity index (χ1v) is 9.58. The number of hydrogen-bond acceptors (Lipinski definition) is 5. The van der Waals surface area contributed by atoms with Gasteiger partial charge in [-0.2, -0.15) is 0 Å². The fourth-order valence-electron chi connectivity index (χ4n) is 2.42. The van der Waals surface area contributed by atoms with Crippen molar-refractivity contribution in [2.75, 3.05) is 13.2 Å². The molecule has 3 N–H and O–H groups in total. The minimum absolute atomic E-state index is 0.0858. The summed E-state index contributed by atoms with van der Waals surface area (Å²) in [4.78, 5) is 47.0. The molecular formula is C22H25N3O5. The monoisotopic (exact) mass is 411 g/mol. The van der Waals surface area contributed by atoms with Crippen molar-refractivity contribution in [3.8, 4) is 11.1 Å². The summed E-state index contributed by atoms with van der Waals surface area (Å²) in [7, 11) is 0. The third kappa shape index (κ3) is 7.38. The van der Waals surface area contributed by atoms with Crippen molar-refractivity contribution in [2.24, 2.45) is 0 Å². The van der Waals surface area contributed by atoms with E-state index in [4.69, 9.17) is 4.74 Å². The molecule has 0 bridgehead atoms. The molecule has 0 saturated carbocycles. The summed E-state index contributed by atoms with van der Waals surface area (Å²) in [6.45, 7) is 2.67. The largest absolute Gasteiger partial charge is 0.454 e. The van der Waals surface area contributed by atoms with Crippen LogP contribution in [0.3, 0.4) is 0 Å². The molecule has 2 rings (SSSR count). The lowest BCUT2D eigenvalue weighted by Gasteiger charge is -2.12. The van der Waals surface area contributed by atoms with E-state index in [-0.39, 0.29) is 6.04 Å². The fraction of sp³-hybridized carbons (Fsp3) is 0.273. The van der Waals surface area contributed by atoms with E-state index in [1.807, 2.05) is 49.4 Å². The quantitative estimate of drug-likeness (QED) is 0.577. The molecule has 8 nitrogen and oxygen atoms in total. The van der Waals surface area contributed by atoms with E-state index in [1.165, 1.54) is 0 Å². The SMILES string of the molecule is CC[C@H](C)NC(=O)NC(=O)COC(=O)CNC(=O)c1ccc(-c2ccccc2)cc1. The van der Waals surface area contributed by atoms with Gasteiger partial charge in [-0.3, -0.25) is 19.7 Å². The molecule has 0 aromatic heterocycles. The predicted molar refractivity (Wildman–Crippen MR) is 112 cm³/mol. The second-order valence-electron chi connectivity index (χ2n) is 6.62. The van der Waals surface area contributed by atoms with Gasteiger partial charge in [-0.25, -0.2) is 4.79 Å². The van der Waals surface area contributed by atoms with Crippen LogP contribution in [0.2, 0.25) is 0 Å². The zero-order chi connectivity index (χ0) is 21.9. The maximum atomic E-state index is 12.2. The third-order valence-electron chi connectivity index (χ3n) is 4.25. The summed E-state index contributed by atoms with van der Waals surface area (Å²) in [6.07, 6.45) is 0.714. The van der Waals surface area contributed by atoms with Crippen molar-refractivity contribution in [3.05, 3.63) is 60.2 Å². The van der Waals surface area contributed by atoms with Crippen molar-refractivity contribution < 1.29 is 23.9 Å². The first-order valence-electron chi connectivity index (χ1n) is 9.58. The van der Waals surface area contributed by atoms with Gasteiger partial charge in [-0.15, -0.1) is 0 Å². The molecule has 2 aromatic carbocycles. The van der Waals surface area contributed by atoms with Crippen molar-refractivity contribution in [1.29, 1.82) is 0 Å². The van der Waals surface area contributed by atoms with E-state index >= 15 is 0 Å². The maximum absolute atomic E-state index is 12.2. The second kappa shape index (κ2) is 11.4. The molecule has 0 spiro atoms. The number of benzene rings is 2. The lowest BCUT2D eigenvalue weighted by atomic mass is 10.0. The number of urea groups is 1. The minimum atomic E-state index is -0.790. The van der Waals surface area contributed by atoms with Crippen LogP contribution < -0.4 is 16.0 Å². The molecule has 2 aromatic rings. The number of esters is 1. The molecule has 1 atom stereocenters. The Bertz CT molecular complexity index is 881. The molecule has 0 aliphatic heterocycles. The number of carbonyl (C=O) groups is 4. The van der Waals surface area contributed by atoms with E-state index < -0.39 is 37.0 Å². The van der Waals surface area contributed by atoms with E-state index in [2.05, 4.69) is 16.0 Å². The number of imide groups is 1. The average molecular weight is 411 g/mol. The number of ether oxygens (including phenoxy) is 1. The van der Waals surface area contributed by atoms with Gasteiger partial charge in [0.15, 0.2) is 6.61 Å². The number of nitrogens with one attached hydrogen (secondary N) is 3. The zero-order valence-electron chi connectivity index (χ0n) is 16.9. The first-order chi connectivity index (χ1) is 14.4. The van der Waals surface area contributed by atoms with E-state index in [9.17, 15) is 19.2 Å². The highest BCUT2D eigenvalue weighted by Crippen LogP contribution is 2.19. The van der Waals surface area contributed by atoms with E-state index in [0.717, 1.165) is 11.1 Å². The minimum Gasteiger partial charge on any atom is -0.454 e. The third-order valence-corrected chi connectivity index (χ3v) is 4.25. The van der Waals surface area contributed by atoms with Crippen LogP contribution in [-0.2, 0) is 14.3 Å². The molecule has 30 heavy (non-hydrogen) atoms. The summed E-state index contributed by atoms with van der Waals surface area (Å²) >= 11 is 0. The van der Waals surface area contributed by atoms with Gasteiger partial charge in [-0.1, -0.05) is 49.4 Å². The van der Waals surface area contributed by atoms with Gasteiger partial charge in [0, 0.05) is 11.6 Å². The smallest absolute Gasteiger partial charge is 0.325 e. The van der Waals surface area contributed by atoms with Crippen LogP contribution in [-0.4, -0.2) is 43.0 Å². The Morgan fingerprint density at radius 1 is 0.933 bits per heavy atom. The van der Waals surface area contributed by atoms with Crippen LogP contribution in [0, 0.1) is 0 Å². The number of carbonyl (C=O) groups excluding carboxylic acids is 4. The molecule has 0 aliphatic carbocycles. The van der Waals surface area contributed by atoms with Gasteiger partial charge in [-0.05, 0) is 36.6 Å². The van der Waals surface area contributed by atoms with Crippen LogP contribution in [0.15, 0.2) is 54.6 Å². The summed E-state index contributed by atoms with van der Waals surface area (Å²) in [5.41, 5.74) is 2.39.